The summed E-state index contributed by atoms with van der Waals surface area (Å²) in [4.78, 5) is 13.9. The highest BCUT2D eigenvalue weighted by Crippen LogP contribution is 2.08. The zero-order chi connectivity index (χ0) is 12.8. The van der Waals surface area contributed by atoms with Crippen LogP contribution in [0.3, 0.4) is 0 Å². The van der Waals surface area contributed by atoms with Crippen molar-refractivity contribution in [3.63, 3.8) is 0 Å². The van der Waals surface area contributed by atoms with E-state index >= 15 is 0 Å². The van der Waals surface area contributed by atoms with Crippen molar-refractivity contribution in [2.24, 2.45) is 0 Å². The molecule has 2 N–H and O–H groups in total. The second-order valence-corrected chi connectivity index (χ2v) is 5.19. The van der Waals surface area contributed by atoms with E-state index in [2.05, 4.69) is 22.5 Å². The maximum atomic E-state index is 11.5. The van der Waals surface area contributed by atoms with Crippen LogP contribution in [-0.2, 0) is 9.53 Å². The van der Waals surface area contributed by atoms with Crippen LogP contribution in [0.2, 0.25) is 0 Å². The van der Waals surface area contributed by atoms with E-state index in [0.29, 0.717) is 12.5 Å². The van der Waals surface area contributed by atoms with Crippen molar-refractivity contribution >= 4 is 5.91 Å². The summed E-state index contributed by atoms with van der Waals surface area (Å²) in [6, 6.07) is 0.313. The van der Waals surface area contributed by atoms with Crippen LogP contribution in [0.5, 0.6) is 0 Å². The van der Waals surface area contributed by atoms with E-state index in [1.807, 2.05) is 0 Å². The molecule has 2 atom stereocenters. The third-order valence-electron chi connectivity index (χ3n) is 3.79. The molecule has 2 aliphatic rings. The molecule has 0 bridgehead atoms. The average Bonchev–Trinajstić information content (AvgIpc) is 2.61. The van der Waals surface area contributed by atoms with Crippen LogP contribution in [0, 0.1) is 0 Å². The maximum Gasteiger partial charge on any atom is 0.221 e. The molecule has 0 radical (unpaired) electrons. The van der Waals surface area contributed by atoms with E-state index in [1.165, 1.54) is 0 Å². The normalized spacial score (nSPS) is 30.8. The minimum atomic E-state index is 0.171. The van der Waals surface area contributed by atoms with Gasteiger partial charge in [0.2, 0.25) is 5.91 Å². The summed E-state index contributed by atoms with van der Waals surface area (Å²) in [5, 5.41) is 6.40. The van der Waals surface area contributed by atoms with E-state index in [1.54, 1.807) is 0 Å². The number of hydrogen-bond donors (Lipinski definition) is 2. The Labute approximate surface area is 109 Å². The number of morpholine rings is 1. The lowest BCUT2D eigenvalue weighted by Gasteiger charge is -2.33. The van der Waals surface area contributed by atoms with E-state index < -0.39 is 0 Å². The highest BCUT2D eigenvalue weighted by atomic mass is 16.5. The van der Waals surface area contributed by atoms with Gasteiger partial charge >= 0.3 is 0 Å². The zero-order valence-corrected chi connectivity index (χ0v) is 11.3. The molecule has 0 saturated carbocycles. The van der Waals surface area contributed by atoms with Crippen LogP contribution in [0.25, 0.3) is 0 Å². The first-order valence-corrected chi connectivity index (χ1v) is 7.12. The Morgan fingerprint density at radius 3 is 3.28 bits per heavy atom. The third-order valence-corrected chi connectivity index (χ3v) is 3.79. The minimum absolute atomic E-state index is 0.171. The molecule has 0 aromatic rings. The van der Waals surface area contributed by atoms with E-state index in [9.17, 15) is 4.79 Å². The first-order chi connectivity index (χ1) is 8.78. The summed E-state index contributed by atoms with van der Waals surface area (Å²) in [5.74, 6) is 0.171. The van der Waals surface area contributed by atoms with Gasteiger partial charge in [-0.2, -0.15) is 0 Å². The first kappa shape index (κ1) is 13.8. The van der Waals surface area contributed by atoms with E-state index in [0.717, 1.165) is 52.2 Å². The third kappa shape index (κ3) is 4.23. The fraction of sp³-hybridized carbons (Fsp3) is 0.923. The maximum absolute atomic E-state index is 11.5. The minimum Gasteiger partial charge on any atom is -0.374 e. The molecular formula is C13H25N3O2. The van der Waals surface area contributed by atoms with Crippen molar-refractivity contribution in [3.8, 4) is 0 Å². The van der Waals surface area contributed by atoms with Crippen LogP contribution in [-0.4, -0.2) is 62.3 Å². The summed E-state index contributed by atoms with van der Waals surface area (Å²) in [6.07, 6.45) is 3.01. The quantitative estimate of drug-likeness (QED) is 0.740. The van der Waals surface area contributed by atoms with Gasteiger partial charge in [-0.15, -0.1) is 0 Å². The monoisotopic (exact) mass is 255 g/mol. The van der Waals surface area contributed by atoms with Gasteiger partial charge in [-0.3, -0.25) is 9.69 Å². The van der Waals surface area contributed by atoms with Crippen LogP contribution in [0.15, 0.2) is 0 Å². The Morgan fingerprint density at radius 1 is 1.56 bits per heavy atom. The molecule has 0 aliphatic carbocycles. The molecule has 104 valence electrons. The van der Waals surface area contributed by atoms with Crippen LogP contribution in [0.1, 0.15) is 26.2 Å². The zero-order valence-electron chi connectivity index (χ0n) is 11.3. The smallest absolute Gasteiger partial charge is 0.221 e. The van der Waals surface area contributed by atoms with Crippen LogP contribution >= 0.6 is 0 Å². The number of rotatable bonds is 4. The van der Waals surface area contributed by atoms with Crippen molar-refractivity contribution in [1.29, 1.82) is 0 Å². The fourth-order valence-electron chi connectivity index (χ4n) is 2.64. The van der Waals surface area contributed by atoms with Gasteiger partial charge < -0.3 is 15.4 Å². The van der Waals surface area contributed by atoms with Crippen molar-refractivity contribution < 1.29 is 9.53 Å². The molecule has 0 spiro atoms. The van der Waals surface area contributed by atoms with E-state index in [4.69, 9.17) is 4.74 Å². The van der Waals surface area contributed by atoms with Gasteiger partial charge in [-0.25, -0.2) is 0 Å². The van der Waals surface area contributed by atoms with Gasteiger partial charge in [-0.1, -0.05) is 6.92 Å². The van der Waals surface area contributed by atoms with Crippen LogP contribution in [0.4, 0.5) is 0 Å². The SMILES string of the molecule is CCN1CCOC(CNC2CCCNC(=O)C2)C1. The molecule has 1 amide bonds. The number of carbonyl (C=O) groups is 1. The predicted molar refractivity (Wildman–Crippen MR) is 70.5 cm³/mol. The molecule has 5 nitrogen and oxygen atoms in total. The van der Waals surface area contributed by atoms with Gasteiger partial charge in [0.1, 0.15) is 0 Å². The summed E-state index contributed by atoms with van der Waals surface area (Å²) >= 11 is 0. The molecule has 2 heterocycles. The van der Waals surface area contributed by atoms with Gasteiger partial charge in [0, 0.05) is 38.6 Å². The Morgan fingerprint density at radius 2 is 2.44 bits per heavy atom. The number of ether oxygens (including phenoxy) is 1. The van der Waals surface area contributed by atoms with Gasteiger partial charge in [0.05, 0.1) is 12.7 Å². The predicted octanol–water partition coefficient (Wildman–Crippen LogP) is -0.0346. The summed E-state index contributed by atoms with van der Waals surface area (Å²) in [5.41, 5.74) is 0. The molecule has 2 rings (SSSR count). The number of hydrogen-bond acceptors (Lipinski definition) is 4. The Bertz CT molecular complexity index is 273. The second-order valence-electron chi connectivity index (χ2n) is 5.19. The largest absolute Gasteiger partial charge is 0.374 e. The van der Waals surface area contributed by atoms with E-state index in [-0.39, 0.29) is 12.0 Å². The molecule has 5 heteroatoms. The number of nitrogens with one attached hydrogen (secondary N) is 2. The molecule has 2 saturated heterocycles. The Balaban J connectivity index is 1.71. The molecule has 2 aliphatic heterocycles. The highest BCUT2D eigenvalue weighted by molar-refractivity contribution is 5.76. The summed E-state index contributed by atoms with van der Waals surface area (Å²) in [6.45, 7) is 7.82. The topological polar surface area (TPSA) is 53.6 Å². The first-order valence-electron chi connectivity index (χ1n) is 7.12. The average molecular weight is 255 g/mol. The van der Waals surface area contributed by atoms with Gasteiger partial charge in [0.25, 0.3) is 0 Å². The van der Waals surface area contributed by atoms with Crippen molar-refractivity contribution in [2.75, 3.05) is 39.3 Å². The lowest BCUT2D eigenvalue weighted by molar-refractivity contribution is -0.121. The fourth-order valence-corrected chi connectivity index (χ4v) is 2.64. The van der Waals surface area contributed by atoms with Gasteiger partial charge in [-0.05, 0) is 19.4 Å². The van der Waals surface area contributed by atoms with Crippen LogP contribution < -0.4 is 10.6 Å². The number of carbonyl (C=O) groups excluding carboxylic acids is 1. The number of nitrogens with zero attached hydrogens (tertiary/aromatic N) is 1. The van der Waals surface area contributed by atoms with Crippen molar-refractivity contribution in [3.05, 3.63) is 0 Å². The number of likely N-dealkylation sites (N-methyl/N-ethyl adjacent to an activating group) is 1. The molecule has 2 fully saturated rings. The summed E-state index contributed by atoms with van der Waals surface area (Å²) < 4.78 is 5.75. The highest BCUT2D eigenvalue weighted by Gasteiger charge is 2.22. The molecule has 18 heavy (non-hydrogen) atoms. The van der Waals surface area contributed by atoms with Gasteiger partial charge in [0.15, 0.2) is 0 Å². The molecule has 0 aromatic heterocycles. The lowest BCUT2D eigenvalue weighted by Crippen LogP contribution is -2.48. The Hall–Kier alpha value is -0.650. The lowest BCUT2D eigenvalue weighted by atomic mass is 10.1. The number of amides is 1. The van der Waals surface area contributed by atoms with Crippen molar-refractivity contribution in [1.82, 2.24) is 15.5 Å². The second kappa shape index (κ2) is 7.07. The van der Waals surface area contributed by atoms with Crippen molar-refractivity contribution in [2.45, 2.75) is 38.3 Å². The standard InChI is InChI=1S/C13H25N3O2/c1-2-16-6-7-18-12(10-16)9-15-11-4-3-5-14-13(17)8-11/h11-12,15H,2-10H2,1H3,(H,14,17). The Kier molecular flexibility index (Phi) is 5.41. The summed E-state index contributed by atoms with van der Waals surface area (Å²) in [7, 11) is 0. The molecule has 0 aromatic carbocycles. The molecular weight excluding hydrogens is 230 g/mol. The molecule has 2 unspecified atom stereocenters.